The Hall–Kier alpha value is -1.59. The minimum atomic E-state index is -0.760. The normalized spacial score (nSPS) is 11.9. The molecule has 0 saturated heterocycles. The minimum absolute atomic E-state index is 0.0644. The van der Waals surface area contributed by atoms with Crippen molar-refractivity contribution in [3.8, 4) is 0 Å². The molecule has 0 aliphatic rings. The molecule has 6 nitrogen and oxygen atoms in total. The Kier molecular flexibility index (Phi) is 41.3. The third-order valence-electron chi connectivity index (χ3n) is 10.8. The highest BCUT2D eigenvalue weighted by molar-refractivity contribution is 5.71. The average molecular weight is 765 g/mol. The Labute approximate surface area is 336 Å². The van der Waals surface area contributed by atoms with Gasteiger partial charge in [-0.15, -0.1) is 0 Å². The van der Waals surface area contributed by atoms with Crippen LogP contribution in [0.5, 0.6) is 0 Å². The first-order chi connectivity index (χ1) is 26.4. The van der Waals surface area contributed by atoms with Gasteiger partial charge in [0.2, 0.25) is 0 Å². The third kappa shape index (κ3) is 41.6. The molecule has 0 rings (SSSR count). The predicted octanol–water partition coefficient (Wildman–Crippen LogP) is 15.1. The number of hydrogen-bond donors (Lipinski definition) is 0. The van der Waals surface area contributed by atoms with Crippen molar-refractivity contribution in [1.82, 2.24) is 0 Å². The monoisotopic (exact) mass is 765 g/mol. The highest BCUT2D eigenvalue weighted by Gasteiger charge is 2.19. The first kappa shape index (κ1) is 52.4. The molecule has 0 heterocycles. The van der Waals surface area contributed by atoms with Gasteiger partial charge < -0.3 is 14.2 Å². The van der Waals surface area contributed by atoms with Crippen molar-refractivity contribution in [1.29, 1.82) is 0 Å². The van der Waals surface area contributed by atoms with Crippen LogP contribution in [0.2, 0.25) is 0 Å². The summed E-state index contributed by atoms with van der Waals surface area (Å²) in [5.74, 6) is -0.0967. The van der Waals surface area contributed by atoms with Crippen LogP contribution in [0.25, 0.3) is 0 Å². The van der Waals surface area contributed by atoms with Gasteiger partial charge >= 0.3 is 17.9 Å². The van der Waals surface area contributed by atoms with E-state index in [1.165, 1.54) is 161 Å². The van der Waals surface area contributed by atoms with Crippen molar-refractivity contribution in [2.45, 2.75) is 271 Å². The van der Waals surface area contributed by atoms with Gasteiger partial charge in [-0.2, -0.15) is 0 Å². The second-order valence-electron chi connectivity index (χ2n) is 16.9. The molecule has 54 heavy (non-hydrogen) atoms. The number of esters is 3. The van der Waals surface area contributed by atoms with Crippen LogP contribution in [0.3, 0.4) is 0 Å². The largest absolute Gasteiger partial charge is 0.462 e. The zero-order valence-corrected chi connectivity index (χ0v) is 36.7. The van der Waals surface area contributed by atoms with Crippen LogP contribution >= 0.6 is 0 Å². The molecule has 320 valence electrons. The third-order valence-corrected chi connectivity index (χ3v) is 10.8. The summed E-state index contributed by atoms with van der Waals surface area (Å²) in [5.41, 5.74) is 0. The molecule has 0 saturated carbocycles. The van der Waals surface area contributed by atoms with E-state index in [1.807, 2.05) is 0 Å². The Morgan fingerprint density at radius 1 is 0.352 bits per heavy atom. The molecule has 0 aromatic heterocycles. The number of unbranched alkanes of at least 4 members (excludes halogenated alkanes) is 30. The Morgan fingerprint density at radius 3 is 0.907 bits per heavy atom. The van der Waals surface area contributed by atoms with Crippen molar-refractivity contribution in [2.24, 2.45) is 5.92 Å². The highest BCUT2D eigenvalue weighted by atomic mass is 16.6. The summed E-state index contributed by atoms with van der Waals surface area (Å²) in [6, 6.07) is 0. The van der Waals surface area contributed by atoms with Crippen LogP contribution in [-0.2, 0) is 28.6 Å². The standard InChI is InChI=1S/C48H92O6/c1-5-7-9-11-13-15-17-19-20-21-23-25-27-32-36-40-47(50)53-43-45(54-48(51)41-37-33-29-28-30-34-38-44(3)4)42-52-46(49)39-35-31-26-24-22-18-16-14-12-10-8-6-2/h44-45H,5-43H2,1-4H3/t45-/m1/s1. The van der Waals surface area contributed by atoms with Crippen molar-refractivity contribution < 1.29 is 28.6 Å². The molecule has 0 bridgehead atoms. The van der Waals surface area contributed by atoms with Crippen LogP contribution in [0.4, 0.5) is 0 Å². The van der Waals surface area contributed by atoms with E-state index in [0.29, 0.717) is 19.3 Å². The van der Waals surface area contributed by atoms with E-state index in [4.69, 9.17) is 14.2 Å². The molecular formula is C48H92O6. The molecule has 0 amide bonds. The topological polar surface area (TPSA) is 78.9 Å². The van der Waals surface area contributed by atoms with Gasteiger partial charge in [0.1, 0.15) is 13.2 Å². The van der Waals surface area contributed by atoms with Crippen LogP contribution in [0.1, 0.15) is 265 Å². The Balaban J connectivity index is 4.27. The number of carbonyl (C=O) groups excluding carboxylic acids is 3. The summed E-state index contributed by atoms with van der Waals surface area (Å²) in [5, 5.41) is 0. The van der Waals surface area contributed by atoms with Gasteiger partial charge in [-0.1, -0.05) is 227 Å². The van der Waals surface area contributed by atoms with Gasteiger partial charge in [-0.25, -0.2) is 0 Å². The van der Waals surface area contributed by atoms with Gasteiger partial charge in [-0.3, -0.25) is 14.4 Å². The molecule has 0 unspecified atom stereocenters. The molecule has 0 fully saturated rings. The summed E-state index contributed by atoms with van der Waals surface area (Å²) in [4.78, 5) is 37.7. The number of hydrogen-bond acceptors (Lipinski definition) is 6. The van der Waals surface area contributed by atoms with Crippen LogP contribution in [0.15, 0.2) is 0 Å². The summed E-state index contributed by atoms with van der Waals surface area (Å²) in [7, 11) is 0. The van der Waals surface area contributed by atoms with Gasteiger partial charge in [0.05, 0.1) is 0 Å². The predicted molar refractivity (Wildman–Crippen MR) is 229 cm³/mol. The fraction of sp³-hybridized carbons (Fsp3) is 0.938. The number of ether oxygens (including phenoxy) is 3. The van der Waals surface area contributed by atoms with E-state index in [2.05, 4.69) is 27.7 Å². The second kappa shape index (κ2) is 42.6. The number of carbonyl (C=O) groups is 3. The molecule has 0 aromatic rings. The van der Waals surface area contributed by atoms with Crippen LogP contribution in [-0.4, -0.2) is 37.2 Å². The molecule has 0 aliphatic carbocycles. The molecular weight excluding hydrogens is 673 g/mol. The maximum Gasteiger partial charge on any atom is 0.306 e. The van der Waals surface area contributed by atoms with E-state index >= 15 is 0 Å². The minimum Gasteiger partial charge on any atom is -0.462 e. The summed E-state index contributed by atoms with van der Waals surface area (Å²) >= 11 is 0. The Bertz CT molecular complexity index is 811. The van der Waals surface area contributed by atoms with Gasteiger partial charge in [0, 0.05) is 19.3 Å². The van der Waals surface area contributed by atoms with E-state index in [1.54, 1.807) is 0 Å². The van der Waals surface area contributed by atoms with Crippen molar-refractivity contribution in [2.75, 3.05) is 13.2 Å². The fourth-order valence-corrected chi connectivity index (χ4v) is 7.16. The van der Waals surface area contributed by atoms with Crippen molar-refractivity contribution >= 4 is 17.9 Å². The summed E-state index contributed by atoms with van der Waals surface area (Å²) < 4.78 is 16.7. The fourth-order valence-electron chi connectivity index (χ4n) is 7.16. The molecule has 0 N–H and O–H groups in total. The zero-order valence-electron chi connectivity index (χ0n) is 36.7. The quantitative estimate of drug-likeness (QED) is 0.0349. The van der Waals surface area contributed by atoms with E-state index in [9.17, 15) is 14.4 Å². The van der Waals surface area contributed by atoms with Gasteiger partial charge in [-0.05, 0) is 25.2 Å². The average Bonchev–Trinajstić information content (AvgIpc) is 3.15. The highest BCUT2D eigenvalue weighted by Crippen LogP contribution is 2.16. The molecule has 6 heteroatoms. The van der Waals surface area contributed by atoms with Crippen molar-refractivity contribution in [3.05, 3.63) is 0 Å². The smallest absolute Gasteiger partial charge is 0.306 e. The summed E-state index contributed by atoms with van der Waals surface area (Å²) in [6.45, 7) is 8.93. The SMILES string of the molecule is CCCCCCCCCCCCCCCCCC(=O)OC[C@@H](COC(=O)CCCCCCCCCCCCCC)OC(=O)CCCCCCCCC(C)C. The first-order valence-electron chi connectivity index (χ1n) is 23.9. The lowest BCUT2D eigenvalue weighted by Gasteiger charge is -2.18. The second-order valence-corrected chi connectivity index (χ2v) is 16.9. The lowest BCUT2D eigenvalue weighted by molar-refractivity contribution is -0.167. The molecule has 0 spiro atoms. The lowest BCUT2D eigenvalue weighted by atomic mass is 10.0. The van der Waals surface area contributed by atoms with Crippen LogP contribution < -0.4 is 0 Å². The number of rotatable bonds is 43. The molecule has 0 aliphatic heterocycles. The van der Waals surface area contributed by atoms with E-state index in [0.717, 1.165) is 63.7 Å². The maximum atomic E-state index is 12.7. The summed E-state index contributed by atoms with van der Waals surface area (Å²) in [6.07, 6.45) is 42.4. The first-order valence-corrected chi connectivity index (χ1v) is 23.9. The molecule has 0 aromatic carbocycles. The van der Waals surface area contributed by atoms with E-state index in [-0.39, 0.29) is 31.1 Å². The zero-order chi connectivity index (χ0) is 39.6. The Morgan fingerprint density at radius 2 is 0.611 bits per heavy atom. The molecule has 1 atom stereocenters. The van der Waals surface area contributed by atoms with Gasteiger partial charge in [0.15, 0.2) is 6.10 Å². The maximum absolute atomic E-state index is 12.7. The molecule has 0 radical (unpaired) electrons. The van der Waals surface area contributed by atoms with Crippen LogP contribution in [0, 0.1) is 5.92 Å². The lowest BCUT2D eigenvalue weighted by Crippen LogP contribution is -2.30. The van der Waals surface area contributed by atoms with Crippen molar-refractivity contribution in [3.63, 3.8) is 0 Å². The van der Waals surface area contributed by atoms with Gasteiger partial charge in [0.25, 0.3) is 0 Å². The van der Waals surface area contributed by atoms with E-state index < -0.39 is 6.10 Å².